The second-order valence-electron chi connectivity index (χ2n) is 11.9. The summed E-state index contributed by atoms with van der Waals surface area (Å²) in [6, 6.07) is 21.4. The maximum atomic E-state index is 14.4. The molecule has 1 fully saturated rings. The maximum Gasteiger partial charge on any atom is 0.427 e. The number of carbonyl (C=O) groups excluding carboxylic acids is 4. The van der Waals surface area contributed by atoms with Crippen molar-refractivity contribution >= 4 is 34.3 Å². The molecule has 0 spiro atoms. The zero-order valence-electron chi connectivity index (χ0n) is 24.2. The molecule has 3 aromatic carbocycles. The topological polar surface area (TPSA) is 105 Å². The number of hydroxylamine groups is 2. The SMILES string of the molecule is C[C@@H](NC(=O)C(=O)[C@@](CCC(C)(C)C)(NC(=O)ON1CCCC1)C(=O)c1ccc2ccccc2c1)c1ccccc1. The fraction of sp³-hybridized carbons (Fsp3) is 0.394. The van der Waals surface area contributed by atoms with E-state index in [1.165, 1.54) is 5.06 Å². The molecule has 1 heterocycles. The van der Waals surface area contributed by atoms with Crippen LogP contribution >= 0.6 is 0 Å². The average molecular weight is 558 g/mol. The van der Waals surface area contributed by atoms with Crippen LogP contribution in [0.25, 0.3) is 10.8 Å². The minimum atomic E-state index is -2.17. The summed E-state index contributed by atoms with van der Waals surface area (Å²) >= 11 is 0. The molecular formula is C33H39N3O5. The van der Waals surface area contributed by atoms with E-state index in [4.69, 9.17) is 4.84 Å². The molecule has 0 aliphatic carbocycles. The first-order chi connectivity index (χ1) is 19.5. The first kappa shape index (κ1) is 29.9. The summed E-state index contributed by atoms with van der Waals surface area (Å²) in [4.78, 5) is 60.9. The van der Waals surface area contributed by atoms with Crippen LogP contribution in [0.2, 0.25) is 0 Å². The van der Waals surface area contributed by atoms with Gasteiger partial charge in [-0.2, -0.15) is 0 Å². The Labute approximate surface area is 241 Å². The Balaban J connectivity index is 1.74. The van der Waals surface area contributed by atoms with Crippen LogP contribution in [0.4, 0.5) is 4.79 Å². The summed E-state index contributed by atoms with van der Waals surface area (Å²) in [5.74, 6) is -2.63. The van der Waals surface area contributed by atoms with Gasteiger partial charge < -0.3 is 10.2 Å². The summed E-state index contributed by atoms with van der Waals surface area (Å²) in [6.45, 7) is 8.81. The van der Waals surface area contributed by atoms with Crippen molar-refractivity contribution in [2.45, 2.75) is 65.0 Å². The van der Waals surface area contributed by atoms with Crippen molar-refractivity contribution in [3.05, 3.63) is 83.9 Å². The van der Waals surface area contributed by atoms with Gasteiger partial charge in [0.15, 0.2) is 11.3 Å². The van der Waals surface area contributed by atoms with E-state index in [1.54, 1.807) is 25.1 Å². The first-order valence-electron chi connectivity index (χ1n) is 14.2. The Kier molecular flexibility index (Phi) is 9.23. The third-order valence-electron chi connectivity index (χ3n) is 7.48. The Morgan fingerprint density at radius 1 is 0.854 bits per heavy atom. The molecule has 0 saturated carbocycles. The minimum Gasteiger partial charge on any atom is -0.351 e. The smallest absolute Gasteiger partial charge is 0.351 e. The number of Topliss-reactive ketones (excluding diaryl/α,β-unsaturated/α-hetero) is 2. The van der Waals surface area contributed by atoms with Gasteiger partial charge in [-0.25, -0.2) is 4.79 Å². The predicted octanol–water partition coefficient (Wildman–Crippen LogP) is 5.77. The predicted molar refractivity (Wildman–Crippen MR) is 158 cm³/mol. The van der Waals surface area contributed by atoms with Crippen LogP contribution < -0.4 is 10.6 Å². The fourth-order valence-electron chi connectivity index (χ4n) is 5.02. The van der Waals surface area contributed by atoms with Crippen molar-refractivity contribution in [2.24, 2.45) is 5.41 Å². The van der Waals surface area contributed by atoms with Gasteiger partial charge in [0.2, 0.25) is 0 Å². The molecule has 2 N–H and O–H groups in total. The van der Waals surface area contributed by atoms with Gasteiger partial charge in [-0.05, 0) is 60.4 Å². The number of amides is 2. The zero-order chi connectivity index (χ0) is 29.6. The highest BCUT2D eigenvalue weighted by Gasteiger charge is 2.51. The van der Waals surface area contributed by atoms with Crippen LogP contribution in [0.3, 0.4) is 0 Å². The van der Waals surface area contributed by atoms with Gasteiger partial charge in [0.25, 0.3) is 11.7 Å². The van der Waals surface area contributed by atoms with Gasteiger partial charge in [0.05, 0.1) is 6.04 Å². The number of hydrogen-bond acceptors (Lipinski definition) is 6. The molecule has 216 valence electrons. The summed E-state index contributed by atoms with van der Waals surface area (Å²) in [6.07, 6.45) is 1.11. The molecule has 8 nitrogen and oxygen atoms in total. The molecule has 2 amide bonds. The molecule has 0 bridgehead atoms. The Bertz CT molecular complexity index is 1410. The third-order valence-corrected chi connectivity index (χ3v) is 7.48. The minimum absolute atomic E-state index is 0.0801. The standard InChI is InChI=1S/C33H39N3O5/c1-23(24-12-6-5-7-13-24)34-30(39)29(38)33(19-18-32(2,3)4,35-31(40)41-36-20-10-11-21-36)28(37)27-17-16-25-14-8-9-15-26(25)22-27/h5-9,12-17,22-23H,10-11,18-21H2,1-4H3,(H,34,39)(H,35,40)/t23-,33+/m1/s1. The quantitative estimate of drug-likeness (QED) is 0.186. The van der Waals surface area contributed by atoms with Crippen molar-refractivity contribution < 1.29 is 24.0 Å². The van der Waals surface area contributed by atoms with Gasteiger partial charge in [-0.1, -0.05) is 87.5 Å². The summed E-state index contributed by atoms with van der Waals surface area (Å²) in [7, 11) is 0. The van der Waals surface area contributed by atoms with E-state index in [2.05, 4.69) is 10.6 Å². The fourth-order valence-corrected chi connectivity index (χ4v) is 5.02. The largest absolute Gasteiger partial charge is 0.427 e. The number of ketones is 2. The average Bonchev–Trinajstić information content (AvgIpc) is 3.47. The molecule has 3 aromatic rings. The van der Waals surface area contributed by atoms with Crippen LogP contribution in [0.15, 0.2) is 72.8 Å². The van der Waals surface area contributed by atoms with Crippen molar-refractivity contribution in [1.29, 1.82) is 0 Å². The van der Waals surface area contributed by atoms with E-state index in [0.29, 0.717) is 19.5 Å². The Morgan fingerprint density at radius 3 is 2.15 bits per heavy atom. The highest BCUT2D eigenvalue weighted by Crippen LogP contribution is 2.31. The number of fused-ring (bicyclic) bond motifs is 1. The molecule has 1 aliphatic rings. The van der Waals surface area contributed by atoms with E-state index in [-0.39, 0.29) is 17.4 Å². The lowest BCUT2D eigenvalue weighted by molar-refractivity contribution is -0.141. The zero-order valence-corrected chi connectivity index (χ0v) is 24.2. The van der Waals surface area contributed by atoms with E-state index in [1.807, 2.05) is 75.4 Å². The van der Waals surface area contributed by atoms with Crippen molar-refractivity contribution in [3.8, 4) is 0 Å². The Morgan fingerprint density at radius 2 is 1.49 bits per heavy atom. The van der Waals surface area contributed by atoms with Gasteiger partial charge in [0.1, 0.15) is 0 Å². The lowest BCUT2D eigenvalue weighted by Gasteiger charge is -2.34. The number of benzene rings is 3. The molecule has 0 radical (unpaired) electrons. The van der Waals surface area contributed by atoms with Gasteiger partial charge in [-0.15, -0.1) is 5.06 Å². The van der Waals surface area contributed by atoms with Gasteiger partial charge in [-0.3, -0.25) is 19.7 Å². The summed E-state index contributed by atoms with van der Waals surface area (Å²) in [5, 5.41) is 8.58. The number of nitrogens with zero attached hydrogens (tertiary/aromatic N) is 1. The molecule has 8 heteroatoms. The second kappa shape index (κ2) is 12.6. The molecule has 41 heavy (non-hydrogen) atoms. The highest BCUT2D eigenvalue weighted by atomic mass is 16.7. The second-order valence-corrected chi connectivity index (χ2v) is 11.9. The number of nitrogens with one attached hydrogen (secondary N) is 2. The molecule has 0 aromatic heterocycles. The van der Waals surface area contributed by atoms with Crippen LogP contribution in [0.5, 0.6) is 0 Å². The van der Waals surface area contributed by atoms with Crippen LogP contribution in [0, 0.1) is 5.41 Å². The van der Waals surface area contributed by atoms with Crippen molar-refractivity contribution in [1.82, 2.24) is 15.7 Å². The lowest BCUT2D eigenvalue weighted by atomic mass is 9.76. The van der Waals surface area contributed by atoms with Crippen LogP contribution in [-0.2, 0) is 14.4 Å². The van der Waals surface area contributed by atoms with E-state index in [9.17, 15) is 19.2 Å². The number of rotatable bonds is 10. The van der Waals surface area contributed by atoms with Crippen LogP contribution in [0.1, 0.15) is 75.3 Å². The molecule has 4 rings (SSSR count). The van der Waals surface area contributed by atoms with Gasteiger partial charge >= 0.3 is 6.09 Å². The van der Waals surface area contributed by atoms with E-state index >= 15 is 0 Å². The van der Waals surface area contributed by atoms with E-state index < -0.39 is 35.1 Å². The van der Waals surface area contributed by atoms with Crippen molar-refractivity contribution in [3.63, 3.8) is 0 Å². The van der Waals surface area contributed by atoms with Gasteiger partial charge in [0, 0.05) is 18.7 Å². The van der Waals surface area contributed by atoms with E-state index in [0.717, 1.165) is 29.2 Å². The van der Waals surface area contributed by atoms with Crippen molar-refractivity contribution in [2.75, 3.05) is 13.1 Å². The molecule has 1 aliphatic heterocycles. The lowest BCUT2D eigenvalue weighted by Crippen LogP contribution is -2.64. The molecule has 1 saturated heterocycles. The summed E-state index contributed by atoms with van der Waals surface area (Å²) < 4.78 is 0. The number of hydrogen-bond donors (Lipinski definition) is 2. The highest BCUT2D eigenvalue weighted by molar-refractivity contribution is 6.46. The third kappa shape index (κ3) is 7.38. The first-order valence-corrected chi connectivity index (χ1v) is 14.2. The monoisotopic (exact) mass is 557 g/mol. The Hall–Kier alpha value is -4.04. The molecule has 2 atom stereocenters. The molecule has 0 unspecified atom stereocenters. The van der Waals surface area contributed by atoms with Crippen LogP contribution in [-0.4, -0.2) is 47.3 Å². The normalized spacial score (nSPS) is 16.0. The maximum absolute atomic E-state index is 14.4. The molecular weight excluding hydrogens is 518 g/mol. The number of carbonyl (C=O) groups is 4. The summed E-state index contributed by atoms with van der Waals surface area (Å²) in [5.41, 5.74) is -1.45.